The van der Waals surface area contributed by atoms with E-state index in [9.17, 15) is 0 Å². The molecule has 2 rings (SSSR count). The largest absolute Gasteiger partial charge is 0.392 e. The van der Waals surface area contributed by atoms with Gasteiger partial charge in [0.15, 0.2) is 0 Å². The first-order valence-electron chi connectivity index (χ1n) is 6.46. The van der Waals surface area contributed by atoms with E-state index in [-0.39, 0.29) is 6.61 Å². The van der Waals surface area contributed by atoms with Gasteiger partial charge in [0.05, 0.1) is 6.61 Å². The number of hydrogen-bond donors (Lipinski definition) is 1. The van der Waals surface area contributed by atoms with Crippen LogP contribution >= 0.6 is 0 Å². The SMILES string of the molecule is Cc1nc(N(CC2CC2)C(C)C)ccc1CO. The van der Waals surface area contributed by atoms with Crippen molar-refractivity contribution in [1.82, 2.24) is 4.98 Å². The van der Waals surface area contributed by atoms with E-state index >= 15 is 0 Å². The number of aryl methyl sites for hydroxylation is 1. The number of aliphatic hydroxyl groups excluding tert-OH is 1. The van der Waals surface area contributed by atoms with Crippen LogP contribution in [0.5, 0.6) is 0 Å². The average Bonchev–Trinajstić information content (AvgIpc) is 3.09. The highest BCUT2D eigenvalue weighted by molar-refractivity contribution is 5.42. The van der Waals surface area contributed by atoms with Gasteiger partial charge in [0.2, 0.25) is 0 Å². The van der Waals surface area contributed by atoms with Crippen LogP contribution in [0.15, 0.2) is 12.1 Å². The highest BCUT2D eigenvalue weighted by atomic mass is 16.3. The molecule has 0 atom stereocenters. The third kappa shape index (κ3) is 2.97. The topological polar surface area (TPSA) is 36.4 Å². The molecule has 1 aromatic rings. The molecule has 0 amide bonds. The van der Waals surface area contributed by atoms with Crippen molar-refractivity contribution in [3.63, 3.8) is 0 Å². The fourth-order valence-electron chi connectivity index (χ4n) is 2.05. The summed E-state index contributed by atoms with van der Waals surface area (Å²) in [5.41, 5.74) is 1.86. The van der Waals surface area contributed by atoms with Crippen molar-refractivity contribution >= 4 is 5.82 Å². The van der Waals surface area contributed by atoms with Gasteiger partial charge in [-0.15, -0.1) is 0 Å². The molecule has 1 heterocycles. The Morgan fingerprint density at radius 3 is 2.59 bits per heavy atom. The highest BCUT2D eigenvalue weighted by Crippen LogP contribution is 2.32. The summed E-state index contributed by atoms with van der Waals surface area (Å²) in [7, 11) is 0. The lowest BCUT2D eigenvalue weighted by Crippen LogP contribution is -2.33. The maximum absolute atomic E-state index is 9.16. The molecular formula is C14H22N2O. The first kappa shape index (κ1) is 12.4. The number of aliphatic hydroxyl groups is 1. The average molecular weight is 234 g/mol. The van der Waals surface area contributed by atoms with E-state index in [1.54, 1.807) is 0 Å². The Morgan fingerprint density at radius 1 is 1.41 bits per heavy atom. The monoisotopic (exact) mass is 234 g/mol. The molecule has 1 aliphatic carbocycles. The fraction of sp³-hybridized carbons (Fsp3) is 0.643. The Bertz CT molecular complexity index is 386. The summed E-state index contributed by atoms with van der Waals surface area (Å²) in [6, 6.07) is 4.49. The van der Waals surface area contributed by atoms with Gasteiger partial charge in [-0.3, -0.25) is 0 Å². The molecule has 0 aromatic carbocycles. The first-order chi connectivity index (χ1) is 8.11. The number of hydrogen-bond acceptors (Lipinski definition) is 3. The summed E-state index contributed by atoms with van der Waals surface area (Å²) in [5, 5.41) is 9.16. The molecule has 0 unspecified atom stereocenters. The lowest BCUT2D eigenvalue weighted by atomic mass is 10.2. The number of pyridine rings is 1. The van der Waals surface area contributed by atoms with Crippen LogP contribution in [0.3, 0.4) is 0 Å². The number of nitrogens with zero attached hydrogens (tertiary/aromatic N) is 2. The quantitative estimate of drug-likeness (QED) is 0.850. The van der Waals surface area contributed by atoms with Crippen LogP contribution in [0.2, 0.25) is 0 Å². The molecule has 17 heavy (non-hydrogen) atoms. The van der Waals surface area contributed by atoms with E-state index in [1.807, 2.05) is 19.1 Å². The molecule has 3 nitrogen and oxygen atoms in total. The highest BCUT2D eigenvalue weighted by Gasteiger charge is 2.26. The number of aromatic nitrogens is 1. The van der Waals surface area contributed by atoms with Crippen LogP contribution < -0.4 is 4.90 Å². The Labute approximate surface area is 103 Å². The van der Waals surface area contributed by atoms with Crippen LogP contribution in [0.25, 0.3) is 0 Å². The van der Waals surface area contributed by atoms with E-state index in [1.165, 1.54) is 12.8 Å². The molecule has 0 aliphatic heterocycles. The van der Waals surface area contributed by atoms with E-state index < -0.39 is 0 Å². The maximum Gasteiger partial charge on any atom is 0.129 e. The minimum atomic E-state index is 0.0728. The molecular weight excluding hydrogens is 212 g/mol. The van der Waals surface area contributed by atoms with Crippen LogP contribution in [0, 0.1) is 12.8 Å². The van der Waals surface area contributed by atoms with Crippen molar-refractivity contribution in [3.05, 3.63) is 23.4 Å². The Hall–Kier alpha value is -1.09. The van der Waals surface area contributed by atoms with E-state index in [0.717, 1.165) is 29.5 Å². The van der Waals surface area contributed by atoms with Crippen molar-refractivity contribution < 1.29 is 5.11 Å². The zero-order valence-corrected chi connectivity index (χ0v) is 11.0. The van der Waals surface area contributed by atoms with Crippen LogP contribution in [-0.2, 0) is 6.61 Å². The van der Waals surface area contributed by atoms with E-state index in [0.29, 0.717) is 6.04 Å². The van der Waals surface area contributed by atoms with Gasteiger partial charge in [-0.05, 0) is 51.2 Å². The normalized spacial score (nSPS) is 15.4. The second-order valence-corrected chi connectivity index (χ2v) is 5.26. The Balaban J connectivity index is 2.19. The van der Waals surface area contributed by atoms with Gasteiger partial charge < -0.3 is 10.0 Å². The molecule has 1 saturated carbocycles. The van der Waals surface area contributed by atoms with Crippen molar-refractivity contribution in [2.75, 3.05) is 11.4 Å². The predicted octanol–water partition coefficient (Wildman–Crippen LogP) is 2.51. The molecule has 0 spiro atoms. The predicted molar refractivity (Wildman–Crippen MR) is 70.1 cm³/mol. The first-order valence-corrected chi connectivity index (χ1v) is 6.46. The zero-order chi connectivity index (χ0) is 12.4. The zero-order valence-electron chi connectivity index (χ0n) is 11.0. The molecule has 0 radical (unpaired) electrons. The summed E-state index contributed by atoms with van der Waals surface area (Å²) in [6.07, 6.45) is 2.72. The number of rotatable bonds is 5. The van der Waals surface area contributed by atoms with E-state index in [4.69, 9.17) is 5.11 Å². The Morgan fingerprint density at radius 2 is 2.12 bits per heavy atom. The lowest BCUT2D eigenvalue weighted by molar-refractivity contribution is 0.280. The van der Waals surface area contributed by atoms with Crippen molar-refractivity contribution in [2.45, 2.75) is 46.3 Å². The molecule has 3 heteroatoms. The maximum atomic E-state index is 9.16. The van der Waals surface area contributed by atoms with Gasteiger partial charge in [0.25, 0.3) is 0 Å². The van der Waals surface area contributed by atoms with Crippen molar-refractivity contribution in [2.24, 2.45) is 5.92 Å². The molecule has 1 fully saturated rings. The van der Waals surface area contributed by atoms with Gasteiger partial charge in [0, 0.05) is 18.3 Å². The summed E-state index contributed by atoms with van der Waals surface area (Å²) in [4.78, 5) is 6.98. The van der Waals surface area contributed by atoms with Crippen LogP contribution in [0.4, 0.5) is 5.82 Å². The fourth-order valence-corrected chi connectivity index (χ4v) is 2.05. The molecule has 0 bridgehead atoms. The number of anilines is 1. The lowest BCUT2D eigenvalue weighted by Gasteiger charge is -2.28. The molecule has 1 aliphatic rings. The van der Waals surface area contributed by atoms with Crippen molar-refractivity contribution in [3.8, 4) is 0 Å². The van der Waals surface area contributed by atoms with Crippen molar-refractivity contribution in [1.29, 1.82) is 0 Å². The van der Waals surface area contributed by atoms with E-state index in [2.05, 4.69) is 23.7 Å². The molecule has 94 valence electrons. The molecule has 0 saturated heterocycles. The summed E-state index contributed by atoms with van der Waals surface area (Å²) < 4.78 is 0. The summed E-state index contributed by atoms with van der Waals surface area (Å²) in [5.74, 6) is 1.90. The van der Waals surface area contributed by atoms with Crippen LogP contribution in [0.1, 0.15) is 37.9 Å². The van der Waals surface area contributed by atoms with Gasteiger partial charge in [-0.25, -0.2) is 4.98 Å². The molecule has 1 aromatic heterocycles. The van der Waals surface area contributed by atoms with Gasteiger partial charge >= 0.3 is 0 Å². The van der Waals surface area contributed by atoms with Gasteiger partial charge in [0.1, 0.15) is 5.82 Å². The minimum absolute atomic E-state index is 0.0728. The smallest absolute Gasteiger partial charge is 0.129 e. The molecule has 1 N–H and O–H groups in total. The third-order valence-electron chi connectivity index (χ3n) is 3.42. The standard InChI is InChI=1S/C14H22N2O/c1-10(2)16(8-12-4-5-12)14-7-6-13(9-17)11(3)15-14/h6-7,10,12,17H,4-5,8-9H2,1-3H3. The van der Waals surface area contributed by atoms with Gasteiger partial charge in [-0.1, -0.05) is 6.07 Å². The second kappa shape index (κ2) is 5.05. The Kier molecular flexibility index (Phi) is 3.67. The van der Waals surface area contributed by atoms with Gasteiger partial charge in [-0.2, -0.15) is 0 Å². The summed E-state index contributed by atoms with van der Waals surface area (Å²) >= 11 is 0. The second-order valence-electron chi connectivity index (χ2n) is 5.26. The summed E-state index contributed by atoms with van der Waals surface area (Å²) in [6.45, 7) is 7.56. The van der Waals surface area contributed by atoms with Crippen LogP contribution in [-0.4, -0.2) is 22.7 Å². The third-order valence-corrected chi connectivity index (χ3v) is 3.42. The minimum Gasteiger partial charge on any atom is -0.392 e.